The first kappa shape index (κ1) is 42.8. The molecule has 0 amide bonds. The Hall–Kier alpha value is 2.36. The van der Waals surface area contributed by atoms with Crippen LogP contribution in [-0.4, -0.2) is 73.9 Å². The normalized spacial score (nSPS) is 10.8. The molecule has 218 valence electrons. The minimum absolute atomic E-state index is 0.149. The van der Waals surface area contributed by atoms with E-state index in [4.69, 9.17) is 4.74 Å². The van der Waals surface area contributed by atoms with Crippen molar-refractivity contribution >= 4 is 60.7 Å². The summed E-state index contributed by atoms with van der Waals surface area (Å²) >= 11 is -1.67. The third-order valence-corrected chi connectivity index (χ3v) is 28.4. The van der Waals surface area contributed by atoms with Gasteiger partial charge in [0.1, 0.15) is 0 Å². The first-order valence-electron chi connectivity index (χ1n) is 16.6. The van der Waals surface area contributed by atoms with Gasteiger partial charge < -0.3 is 0 Å². The maximum atomic E-state index is 5.47. The van der Waals surface area contributed by atoms with Crippen LogP contribution in [0.4, 0.5) is 0 Å². The summed E-state index contributed by atoms with van der Waals surface area (Å²) in [6.45, 7) is 20.3. The van der Waals surface area contributed by atoms with Gasteiger partial charge in [0.05, 0.1) is 0 Å². The van der Waals surface area contributed by atoms with E-state index >= 15 is 0 Å². The second-order valence-corrected chi connectivity index (χ2v) is 31.8. The fourth-order valence-corrected chi connectivity index (χ4v) is 25.8. The van der Waals surface area contributed by atoms with E-state index in [1.54, 1.807) is 31.1 Å². The summed E-state index contributed by atoms with van der Waals surface area (Å²) in [5.74, 6) is 0. The number of rotatable bonds is 25. The molecule has 0 atom stereocenters. The van der Waals surface area contributed by atoms with E-state index in [9.17, 15) is 0 Å². The van der Waals surface area contributed by atoms with Crippen LogP contribution in [0.2, 0.25) is 35.5 Å². The topological polar surface area (TPSA) is 9.23 Å². The predicted molar refractivity (Wildman–Crippen MR) is 177 cm³/mol. The van der Waals surface area contributed by atoms with Gasteiger partial charge in [-0.25, -0.2) is 0 Å². The molecule has 0 aromatic rings. The minimum atomic E-state index is -0.985. The van der Waals surface area contributed by atoms with E-state index in [1.165, 1.54) is 94.3 Å². The number of unbranched alkanes of at least 4 members (excludes halogenated alkanes) is 7. The average molecular weight is 829 g/mol. The molecule has 0 aromatic carbocycles. The van der Waals surface area contributed by atoms with Crippen LogP contribution in [0.3, 0.4) is 0 Å². The zero-order valence-electron chi connectivity index (χ0n) is 26.9. The van der Waals surface area contributed by atoms with Crippen molar-refractivity contribution in [2.24, 2.45) is 0 Å². The van der Waals surface area contributed by atoms with Crippen molar-refractivity contribution < 1.29 is 4.74 Å². The van der Waals surface area contributed by atoms with Gasteiger partial charge in [0, 0.05) is 0 Å². The number of ether oxygens (including phenoxy) is 1. The fraction of sp³-hybridized carbons (Fsp3) is 1.00. The third kappa shape index (κ3) is 40.8. The predicted octanol–water partition coefficient (Wildman–Crippen LogP) is 12.1. The second kappa shape index (κ2) is 41.8. The van der Waals surface area contributed by atoms with Crippen molar-refractivity contribution in [3.8, 4) is 0 Å². The molecule has 0 aliphatic rings. The van der Waals surface area contributed by atoms with Crippen molar-refractivity contribution in [1.82, 2.24) is 0 Å². The molecule has 0 heterocycles. The molecular formula is C32H72OSn3. The number of hydrogen-bond acceptors (Lipinski definition) is 1. The van der Waals surface area contributed by atoms with E-state index < -0.39 is 39.5 Å². The summed E-state index contributed by atoms with van der Waals surface area (Å²) in [7, 11) is 0. The van der Waals surface area contributed by atoms with Crippen molar-refractivity contribution in [3.63, 3.8) is 0 Å². The quantitative estimate of drug-likeness (QED) is 0.0658. The molecular weight excluding hydrogens is 756 g/mol. The van der Waals surface area contributed by atoms with Gasteiger partial charge in [-0.15, -0.1) is 0 Å². The van der Waals surface area contributed by atoms with E-state index in [-0.39, 0.29) is 21.1 Å². The molecule has 0 bridgehead atoms. The first-order chi connectivity index (χ1) is 17.6. The Bertz CT molecular complexity index is 308. The summed E-state index contributed by atoms with van der Waals surface area (Å²) in [6, 6.07) is 0. The van der Waals surface area contributed by atoms with Crippen molar-refractivity contribution in [3.05, 3.63) is 0 Å². The molecule has 0 fully saturated rings. The van der Waals surface area contributed by atoms with Gasteiger partial charge in [-0.2, -0.15) is 0 Å². The molecule has 0 rings (SSSR count). The molecule has 0 unspecified atom stereocenters. The van der Waals surface area contributed by atoms with E-state index in [1.807, 2.05) is 0 Å². The van der Waals surface area contributed by atoms with Crippen LogP contribution in [0.25, 0.3) is 0 Å². The fourth-order valence-electron chi connectivity index (χ4n) is 3.97. The van der Waals surface area contributed by atoms with Gasteiger partial charge in [-0.3, -0.25) is 0 Å². The summed E-state index contributed by atoms with van der Waals surface area (Å²) in [6.07, 6.45) is 20.4. The molecule has 0 aliphatic heterocycles. The Labute approximate surface area is 256 Å². The van der Waals surface area contributed by atoms with Gasteiger partial charge in [-0.1, -0.05) is 0 Å². The molecule has 0 aliphatic carbocycles. The van der Waals surface area contributed by atoms with Crippen molar-refractivity contribution in [2.45, 2.75) is 181 Å². The summed E-state index contributed by atoms with van der Waals surface area (Å²) in [4.78, 5) is 0. The molecule has 0 spiro atoms. The van der Waals surface area contributed by atoms with Gasteiger partial charge in [0.2, 0.25) is 0 Å². The molecule has 4 heteroatoms. The summed E-state index contributed by atoms with van der Waals surface area (Å²) in [5, 5.41) is 0. The Morgan fingerprint density at radius 2 is 0.722 bits per heavy atom. The van der Waals surface area contributed by atoms with Gasteiger partial charge in [0.15, 0.2) is 0 Å². The van der Waals surface area contributed by atoms with E-state index in [2.05, 4.69) is 55.4 Å². The molecule has 0 aromatic heterocycles. The van der Waals surface area contributed by atoms with Crippen molar-refractivity contribution in [1.29, 1.82) is 0 Å². The SMILES string of the molecule is CCC[CH2][Sn]([CH2]CCC)[CH2]CCC.CCC[CH2][Sn]([CH2]CCC)[CH2]COCC.CCC[CH2][Sn][CH2]CCC. The average Bonchev–Trinajstić information content (AvgIpc) is 2.90. The molecule has 0 N–H and O–H groups in total. The van der Waals surface area contributed by atoms with Crippen LogP contribution in [0.1, 0.15) is 145 Å². The van der Waals surface area contributed by atoms with Crippen LogP contribution in [0, 0.1) is 0 Å². The standard InChI is InChI=1S/C4H9O.7C4H9.3Sn/c1-3-5-4-2;7*1-3-4-2;;;/h1,3-4H2,2H3;7*1,3-4H2,2H3;;;. The summed E-state index contributed by atoms with van der Waals surface area (Å²) in [5.41, 5.74) is 0. The van der Waals surface area contributed by atoms with Crippen LogP contribution in [0.15, 0.2) is 0 Å². The third-order valence-electron chi connectivity index (χ3n) is 6.64. The molecule has 0 saturated carbocycles. The Balaban J connectivity index is -0.000000465. The van der Waals surface area contributed by atoms with Gasteiger partial charge >= 0.3 is 259 Å². The van der Waals surface area contributed by atoms with Gasteiger partial charge in [0.25, 0.3) is 0 Å². The van der Waals surface area contributed by atoms with Crippen LogP contribution in [-0.2, 0) is 4.74 Å². The van der Waals surface area contributed by atoms with Gasteiger partial charge in [-0.05, 0) is 0 Å². The Morgan fingerprint density at radius 3 is 1.00 bits per heavy atom. The number of hydrogen-bond donors (Lipinski definition) is 0. The molecule has 1 nitrogen and oxygen atoms in total. The van der Waals surface area contributed by atoms with Crippen molar-refractivity contribution in [2.75, 3.05) is 13.2 Å². The van der Waals surface area contributed by atoms with E-state index in [0.717, 1.165) is 13.2 Å². The Kier molecular flexibility index (Phi) is 49.8. The van der Waals surface area contributed by atoms with E-state index in [0.29, 0.717) is 0 Å². The zero-order valence-corrected chi connectivity index (χ0v) is 35.4. The first-order valence-corrected chi connectivity index (χ1v) is 32.7. The molecule has 36 heavy (non-hydrogen) atoms. The maximum absolute atomic E-state index is 5.47. The molecule has 0 saturated heterocycles. The monoisotopic (exact) mass is 832 g/mol. The zero-order chi connectivity index (χ0) is 27.5. The Morgan fingerprint density at radius 1 is 0.417 bits per heavy atom. The van der Waals surface area contributed by atoms with Crippen LogP contribution in [0.5, 0.6) is 0 Å². The summed E-state index contributed by atoms with van der Waals surface area (Å²) < 4.78 is 18.4. The molecule has 4 radical (unpaired) electrons. The second-order valence-electron chi connectivity index (χ2n) is 10.4. The van der Waals surface area contributed by atoms with Crippen LogP contribution < -0.4 is 0 Å². The van der Waals surface area contributed by atoms with Crippen LogP contribution >= 0.6 is 0 Å².